The fourth-order valence-corrected chi connectivity index (χ4v) is 4.50. The molecule has 1 aliphatic carbocycles. The Kier molecular flexibility index (Phi) is 6.09. The molecule has 0 unspecified atom stereocenters. The first-order valence-corrected chi connectivity index (χ1v) is 10.7. The van der Waals surface area contributed by atoms with Gasteiger partial charge in [0.25, 0.3) is 0 Å². The molecule has 170 valence electrons. The van der Waals surface area contributed by atoms with E-state index in [-0.39, 0.29) is 24.9 Å². The van der Waals surface area contributed by atoms with E-state index in [9.17, 15) is 18.0 Å². The lowest BCUT2D eigenvalue weighted by atomic mass is 9.80. The average molecular weight is 440 g/mol. The van der Waals surface area contributed by atoms with E-state index in [1.807, 2.05) is 19.1 Å². The van der Waals surface area contributed by atoms with Gasteiger partial charge in [0, 0.05) is 24.2 Å². The van der Waals surface area contributed by atoms with Crippen molar-refractivity contribution < 1.29 is 27.4 Å². The van der Waals surface area contributed by atoms with Gasteiger partial charge in [0.1, 0.15) is 6.10 Å². The minimum atomic E-state index is -4.13. The molecule has 7 nitrogen and oxygen atoms in total. The molecule has 2 aromatic heterocycles. The maximum Gasteiger partial charge on any atom is 0.409 e. The molecule has 1 amide bonds. The lowest BCUT2D eigenvalue weighted by Gasteiger charge is -2.32. The molecule has 10 heteroatoms. The number of carbonyl (C=O) groups excluding carboxylic acids is 1. The summed E-state index contributed by atoms with van der Waals surface area (Å²) in [6.07, 6.45) is -3.73. The summed E-state index contributed by atoms with van der Waals surface area (Å²) in [5, 5.41) is 4.70. The summed E-state index contributed by atoms with van der Waals surface area (Å²) in [6, 6.07) is 3.74. The first-order valence-electron chi connectivity index (χ1n) is 10.7. The number of ether oxygens (including phenoxy) is 2. The Morgan fingerprint density at radius 2 is 2.00 bits per heavy atom. The van der Waals surface area contributed by atoms with Crippen molar-refractivity contribution in [2.24, 2.45) is 5.92 Å². The number of alkyl halides is 3. The van der Waals surface area contributed by atoms with Crippen LogP contribution in [-0.2, 0) is 9.47 Å². The third kappa shape index (κ3) is 4.63. The van der Waals surface area contributed by atoms with Crippen LogP contribution in [0.4, 0.5) is 18.0 Å². The smallest absolute Gasteiger partial charge is 0.409 e. The molecule has 0 aromatic carbocycles. The topological polar surface area (TPSA) is 69.0 Å². The summed E-state index contributed by atoms with van der Waals surface area (Å²) in [5.74, 6) is -1.24. The van der Waals surface area contributed by atoms with Crippen LogP contribution in [-0.4, -0.2) is 58.1 Å². The van der Waals surface area contributed by atoms with Crippen LogP contribution < -0.4 is 0 Å². The molecule has 0 spiro atoms. The standard InChI is InChI=1S/C21H27F3N4O3/c1-3-30-20(29)27-8-9-31-18(12-27)17-10-13(2)25-19-11-16(26-28(17)19)14-4-6-15(7-5-14)21(22,23)24/h10-11,14-15,18H,3-9,12H2,1-2H3/t14-,15-,18-/m1/s1. The fraction of sp³-hybridized carbons (Fsp3) is 0.667. The average Bonchev–Trinajstić information content (AvgIpc) is 3.17. The quantitative estimate of drug-likeness (QED) is 0.708. The van der Waals surface area contributed by atoms with Gasteiger partial charge in [0.15, 0.2) is 5.65 Å². The predicted octanol–water partition coefficient (Wildman–Crippen LogP) is 4.40. The number of carbonyl (C=O) groups is 1. The maximum atomic E-state index is 13.0. The Morgan fingerprint density at radius 3 is 2.68 bits per heavy atom. The zero-order valence-corrected chi connectivity index (χ0v) is 17.7. The highest BCUT2D eigenvalue weighted by molar-refractivity contribution is 5.67. The first-order chi connectivity index (χ1) is 14.8. The van der Waals surface area contributed by atoms with E-state index in [0.717, 1.165) is 17.1 Å². The van der Waals surface area contributed by atoms with E-state index in [2.05, 4.69) is 4.98 Å². The molecule has 0 radical (unpaired) electrons. The lowest BCUT2D eigenvalue weighted by molar-refractivity contribution is -0.182. The van der Waals surface area contributed by atoms with Gasteiger partial charge in [-0.1, -0.05) is 0 Å². The molecule has 2 fully saturated rings. The van der Waals surface area contributed by atoms with Crippen molar-refractivity contribution in [3.05, 3.63) is 29.2 Å². The number of nitrogens with zero attached hydrogens (tertiary/aromatic N) is 4. The Balaban J connectivity index is 1.57. The highest BCUT2D eigenvalue weighted by Gasteiger charge is 2.42. The van der Waals surface area contributed by atoms with E-state index in [0.29, 0.717) is 44.8 Å². The highest BCUT2D eigenvalue weighted by Crippen LogP contribution is 2.42. The number of rotatable bonds is 3. The van der Waals surface area contributed by atoms with Gasteiger partial charge in [0.2, 0.25) is 0 Å². The predicted molar refractivity (Wildman–Crippen MR) is 106 cm³/mol. The van der Waals surface area contributed by atoms with Gasteiger partial charge >= 0.3 is 12.3 Å². The minimum absolute atomic E-state index is 0.0169. The van der Waals surface area contributed by atoms with E-state index < -0.39 is 18.2 Å². The Hall–Kier alpha value is -2.36. The molecule has 1 aliphatic heterocycles. The van der Waals surface area contributed by atoms with Crippen molar-refractivity contribution >= 4 is 11.7 Å². The van der Waals surface area contributed by atoms with Crippen LogP contribution in [0.3, 0.4) is 0 Å². The SMILES string of the molecule is CCOC(=O)N1CCO[C@@H](c2cc(C)nc3cc([C@H]4CC[C@H](C(F)(F)F)CC4)nn23)C1. The molecule has 1 atom stereocenters. The third-order valence-corrected chi connectivity index (χ3v) is 6.13. The van der Waals surface area contributed by atoms with Gasteiger partial charge in [-0.3, -0.25) is 0 Å². The molecular weight excluding hydrogens is 413 g/mol. The van der Waals surface area contributed by atoms with Crippen molar-refractivity contribution in [2.45, 2.75) is 57.7 Å². The highest BCUT2D eigenvalue weighted by atomic mass is 19.4. The molecule has 0 N–H and O–H groups in total. The second-order valence-electron chi connectivity index (χ2n) is 8.26. The summed E-state index contributed by atoms with van der Waals surface area (Å²) < 4.78 is 51.7. The zero-order chi connectivity index (χ0) is 22.2. The van der Waals surface area contributed by atoms with Gasteiger partial charge in [-0.2, -0.15) is 18.3 Å². The summed E-state index contributed by atoms with van der Waals surface area (Å²) >= 11 is 0. The van der Waals surface area contributed by atoms with Gasteiger partial charge in [-0.05, 0) is 45.6 Å². The van der Waals surface area contributed by atoms with E-state index in [1.165, 1.54) is 0 Å². The maximum absolute atomic E-state index is 13.0. The van der Waals surface area contributed by atoms with E-state index >= 15 is 0 Å². The van der Waals surface area contributed by atoms with Crippen molar-refractivity contribution in [3.63, 3.8) is 0 Å². The number of amides is 1. The molecule has 2 aromatic rings. The number of hydrogen-bond acceptors (Lipinski definition) is 5. The van der Waals surface area contributed by atoms with Crippen molar-refractivity contribution in [1.29, 1.82) is 0 Å². The van der Waals surface area contributed by atoms with Gasteiger partial charge in [-0.15, -0.1) is 0 Å². The second kappa shape index (κ2) is 8.64. The van der Waals surface area contributed by atoms with Crippen LogP contribution in [0.15, 0.2) is 12.1 Å². The zero-order valence-electron chi connectivity index (χ0n) is 17.7. The van der Waals surface area contributed by atoms with E-state index in [4.69, 9.17) is 14.6 Å². The number of halogens is 3. The normalized spacial score (nSPS) is 25.1. The van der Waals surface area contributed by atoms with Crippen molar-refractivity contribution in [3.8, 4) is 0 Å². The second-order valence-corrected chi connectivity index (χ2v) is 8.26. The monoisotopic (exact) mass is 440 g/mol. The van der Waals surface area contributed by atoms with Gasteiger partial charge in [-0.25, -0.2) is 14.3 Å². The molecule has 1 saturated carbocycles. The van der Waals surface area contributed by atoms with Crippen molar-refractivity contribution in [2.75, 3.05) is 26.3 Å². The summed E-state index contributed by atoms with van der Waals surface area (Å²) in [5.41, 5.74) is 2.95. The largest absolute Gasteiger partial charge is 0.450 e. The number of hydrogen-bond donors (Lipinski definition) is 0. The number of aromatic nitrogens is 3. The van der Waals surface area contributed by atoms with Crippen LogP contribution in [0.25, 0.3) is 5.65 Å². The van der Waals surface area contributed by atoms with Crippen LogP contribution in [0.2, 0.25) is 0 Å². The fourth-order valence-electron chi connectivity index (χ4n) is 4.50. The Labute approximate surface area is 178 Å². The van der Waals surface area contributed by atoms with E-state index in [1.54, 1.807) is 16.3 Å². The van der Waals surface area contributed by atoms with Gasteiger partial charge < -0.3 is 14.4 Å². The van der Waals surface area contributed by atoms with Crippen molar-refractivity contribution in [1.82, 2.24) is 19.5 Å². The molecule has 1 saturated heterocycles. The van der Waals surface area contributed by atoms with Crippen LogP contribution in [0.1, 0.15) is 61.7 Å². The summed E-state index contributed by atoms with van der Waals surface area (Å²) in [6.45, 7) is 5.11. The number of aryl methyl sites for hydroxylation is 1. The molecular formula is C21H27F3N4O3. The number of morpholine rings is 1. The van der Waals surface area contributed by atoms with Crippen LogP contribution >= 0.6 is 0 Å². The molecule has 3 heterocycles. The van der Waals surface area contributed by atoms with Crippen LogP contribution in [0, 0.1) is 12.8 Å². The molecule has 0 bridgehead atoms. The Bertz CT molecular complexity index is 938. The molecule has 31 heavy (non-hydrogen) atoms. The summed E-state index contributed by atoms with van der Waals surface area (Å²) in [7, 11) is 0. The molecule has 2 aliphatic rings. The summed E-state index contributed by atoms with van der Waals surface area (Å²) in [4.78, 5) is 18.3. The Morgan fingerprint density at radius 1 is 1.26 bits per heavy atom. The van der Waals surface area contributed by atoms with Crippen LogP contribution in [0.5, 0.6) is 0 Å². The first kappa shape index (κ1) is 21.9. The number of fused-ring (bicyclic) bond motifs is 1. The minimum Gasteiger partial charge on any atom is -0.450 e. The third-order valence-electron chi connectivity index (χ3n) is 6.13. The van der Waals surface area contributed by atoms with Gasteiger partial charge in [0.05, 0.1) is 37.1 Å². The lowest BCUT2D eigenvalue weighted by Crippen LogP contribution is -2.43. The molecule has 4 rings (SSSR count).